The molecule has 0 aliphatic carbocycles. The quantitative estimate of drug-likeness (QED) is 0.729. The lowest BCUT2D eigenvalue weighted by Crippen LogP contribution is -1.94. The number of hydrogen-bond donors (Lipinski definition) is 0. The Labute approximate surface area is 117 Å². The van der Waals surface area contributed by atoms with Crippen molar-refractivity contribution in [3.05, 3.63) is 48.7 Å². The maximum absolute atomic E-state index is 5.38. The minimum absolute atomic E-state index is 0.657. The molecule has 4 nitrogen and oxygen atoms in total. The third kappa shape index (κ3) is 2.16. The van der Waals surface area contributed by atoms with Crippen LogP contribution in [-0.4, -0.2) is 24.2 Å². The standard InChI is InChI=1S/C16H14N2O2/c1-19-12-8-13-16(15(9-12)20-2)18-14(10-17-13)11-6-4-3-5-7-11/h3-10H,1-2H3. The van der Waals surface area contributed by atoms with Gasteiger partial charge in [-0.1, -0.05) is 30.3 Å². The summed E-state index contributed by atoms with van der Waals surface area (Å²) in [4.78, 5) is 9.10. The van der Waals surface area contributed by atoms with E-state index in [4.69, 9.17) is 9.47 Å². The molecule has 0 saturated carbocycles. The van der Waals surface area contributed by atoms with E-state index in [1.165, 1.54) is 0 Å². The molecule has 0 amide bonds. The lowest BCUT2D eigenvalue weighted by Gasteiger charge is -2.09. The van der Waals surface area contributed by atoms with E-state index in [0.29, 0.717) is 11.5 Å². The Bertz CT molecular complexity index is 742. The smallest absolute Gasteiger partial charge is 0.150 e. The third-order valence-corrected chi connectivity index (χ3v) is 3.11. The first-order valence-electron chi connectivity index (χ1n) is 6.26. The Kier molecular flexibility index (Phi) is 3.21. The monoisotopic (exact) mass is 266 g/mol. The summed E-state index contributed by atoms with van der Waals surface area (Å²) >= 11 is 0. The third-order valence-electron chi connectivity index (χ3n) is 3.11. The van der Waals surface area contributed by atoms with Crippen LogP contribution in [0.1, 0.15) is 0 Å². The Balaban J connectivity index is 2.20. The van der Waals surface area contributed by atoms with Crippen molar-refractivity contribution < 1.29 is 9.47 Å². The minimum atomic E-state index is 0.657. The summed E-state index contributed by atoms with van der Waals surface area (Å²) in [6.07, 6.45) is 1.76. The molecule has 0 atom stereocenters. The van der Waals surface area contributed by atoms with Crippen molar-refractivity contribution in [2.75, 3.05) is 14.2 Å². The van der Waals surface area contributed by atoms with Gasteiger partial charge in [0, 0.05) is 17.7 Å². The molecule has 0 aliphatic heterocycles. The fourth-order valence-electron chi connectivity index (χ4n) is 2.08. The molecule has 0 aliphatic rings. The van der Waals surface area contributed by atoms with Crippen molar-refractivity contribution in [2.24, 2.45) is 0 Å². The highest BCUT2D eigenvalue weighted by molar-refractivity contribution is 5.84. The number of rotatable bonds is 3. The summed E-state index contributed by atoms with van der Waals surface area (Å²) in [6.45, 7) is 0. The fourth-order valence-corrected chi connectivity index (χ4v) is 2.08. The van der Waals surface area contributed by atoms with Crippen LogP contribution in [0, 0.1) is 0 Å². The minimum Gasteiger partial charge on any atom is -0.497 e. The zero-order valence-electron chi connectivity index (χ0n) is 11.3. The van der Waals surface area contributed by atoms with E-state index in [2.05, 4.69) is 9.97 Å². The van der Waals surface area contributed by atoms with Gasteiger partial charge in [0.25, 0.3) is 0 Å². The van der Waals surface area contributed by atoms with E-state index in [-0.39, 0.29) is 0 Å². The summed E-state index contributed by atoms with van der Waals surface area (Å²) in [6, 6.07) is 13.6. The first-order valence-corrected chi connectivity index (χ1v) is 6.26. The van der Waals surface area contributed by atoms with Crippen LogP contribution in [0.5, 0.6) is 11.5 Å². The zero-order chi connectivity index (χ0) is 13.9. The Morgan fingerprint density at radius 2 is 1.75 bits per heavy atom. The van der Waals surface area contributed by atoms with Crippen molar-refractivity contribution in [1.29, 1.82) is 0 Å². The molecule has 0 N–H and O–H groups in total. The molecule has 3 rings (SSSR count). The molecule has 20 heavy (non-hydrogen) atoms. The van der Waals surface area contributed by atoms with Gasteiger partial charge in [-0.3, -0.25) is 4.98 Å². The highest BCUT2D eigenvalue weighted by Gasteiger charge is 2.09. The van der Waals surface area contributed by atoms with Crippen LogP contribution >= 0.6 is 0 Å². The highest BCUT2D eigenvalue weighted by atomic mass is 16.5. The van der Waals surface area contributed by atoms with Crippen molar-refractivity contribution >= 4 is 11.0 Å². The molecular formula is C16H14N2O2. The van der Waals surface area contributed by atoms with Crippen LogP contribution in [0.4, 0.5) is 0 Å². The van der Waals surface area contributed by atoms with E-state index in [0.717, 1.165) is 22.3 Å². The van der Waals surface area contributed by atoms with E-state index in [9.17, 15) is 0 Å². The van der Waals surface area contributed by atoms with Crippen LogP contribution < -0.4 is 9.47 Å². The van der Waals surface area contributed by atoms with Gasteiger partial charge in [-0.25, -0.2) is 4.98 Å². The predicted molar refractivity (Wildman–Crippen MR) is 78.1 cm³/mol. The van der Waals surface area contributed by atoms with Crippen LogP contribution in [-0.2, 0) is 0 Å². The number of ether oxygens (including phenoxy) is 2. The van der Waals surface area contributed by atoms with Crippen LogP contribution in [0.15, 0.2) is 48.7 Å². The molecule has 4 heteroatoms. The van der Waals surface area contributed by atoms with Crippen molar-refractivity contribution in [3.8, 4) is 22.8 Å². The van der Waals surface area contributed by atoms with Gasteiger partial charge < -0.3 is 9.47 Å². The van der Waals surface area contributed by atoms with Crippen LogP contribution in [0.25, 0.3) is 22.3 Å². The van der Waals surface area contributed by atoms with E-state index in [1.807, 2.05) is 42.5 Å². The molecule has 0 radical (unpaired) electrons. The SMILES string of the molecule is COc1cc(OC)c2nc(-c3ccccc3)cnc2c1. The summed E-state index contributed by atoms with van der Waals surface area (Å²) in [5, 5.41) is 0. The van der Waals surface area contributed by atoms with Gasteiger partial charge in [0.2, 0.25) is 0 Å². The summed E-state index contributed by atoms with van der Waals surface area (Å²) < 4.78 is 10.6. The van der Waals surface area contributed by atoms with Crippen molar-refractivity contribution in [2.45, 2.75) is 0 Å². The second-order valence-electron chi connectivity index (χ2n) is 4.32. The van der Waals surface area contributed by atoms with Crippen LogP contribution in [0.3, 0.4) is 0 Å². The molecule has 0 unspecified atom stereocenters. The van der Waals surface area contributed by atoms with E-state index >= 15 is 0 Å². The first-order chi connectivity index (χ1) is 9.81. The summed E-state index contributed by atoms with van der Waals surface area (Å²) in [7, 11) is 3.23. The van der Waals surface area contributed by atoms with Gasteiger partial charge in [0.15, 0.2) is 0 Å². The number of aromatic nitrogens is 2. The fraction of sp³-hybridized carbons (Fsp3) is 0.125. The van der Waals surface area contributed by atoms with E-state index < -0.39 is 0 Å². The number of methoxy groups -OCH3 is 2. The lowest BCUT2D eigenvalue weighted by molar-refractivity contribution is 0.397. The molecule has 0 fully saturated rings. The average molecular weight is 266 g/mol. The molecule has 1 heterocycles. The van der Waals surface area contributed by atoms with Crippen molar-refractivity contribution in [3.63, 3.8) is 0 Å². The zero-order valence-corrected chi connectivity index (χ0v) is 11.3. The van der Waals surface area contributed by atoms with Gasteiger partial charge in [0.1, 0.15) is 17.0 Å². The molecule has 1 aromatic heterocycles. The molecule has 100 valence electrons. The number of fused-ring (bicyclic) bond motifs is 1. The molecule has 0 saturated heterocycles. The van der Waals surface area contributed by atoms with Crippen LogP contribution in [0.2, 0.25) is 0 Å². The highest BCUT2D eigenvalue weighted by Crippen LogP contribution is 2.30. The topological polar surface area (TPSA) is 44.2 Å². The second-order valence-corrected chi connectivity index (χ2v) is 4.32. The molecule has 0 bridgehead atoms. The summed E-state index contributed by atoms with van der Waals surface area (Å²) in [5.74, 6) is 1.36. The molecule has 2 aromatic carbocycles. The van der Waals surface area contributed by atoms with Gasteiger partial charge >= 0.3 is 0 Å². The van der Waals surface area contributed by atoms with E-state index in [1.54, 1.807) is 20.4 Å². The van der Waals surface area contributed by atoms with Gasteiger partial charge in [-0.05, 0) is 0 Å². The first kappa shape index (κ1) is 12.4. The number of benzene rings is 2. The maximum Gasteiger partial charge on any atom is 0.150 e. The second kappa shape index (κ2) is 5.17. The molecule has 0 spiro atoms. The normalized spacial score (nSPS) is 10.5. The Morgan fingerprint density at radius 1 is 0.950 bits per heavy atom. The predicted octanol–water partition coefficient (Wildman–Crippen LogP) is 3.31. The van der Waals surface area contributed by atoms with Gasteiger partial charge in [0.05, 0.1) is 31.6 Å². The molecule has 3 aromatic rings. The van der Waals surface area contributed by atoms with Gasteiger partial charge in [-0.2, -0.15) is 0 Å². The maximum atomic E-state index is 5.38. The van der Waals surface area contributed by atoms with Crippen molar-refractivity contribution in [1.82, 2.24) is 9.97 Å². The lowest BCUT2D eigenvalue weighted by atomic mass is 10.1. The summed E-state index contributed by atoms with van der Waals surface area (Å²) in [5.41, 5.74) is 3.33. The number of nitrogens with zero attached hydrogens (tertiary/aromatic N) is 2. The number of hydrogen-bond acceptors (Lipinski definition) is 4. The Hall–Kier alpha value is -2.62. The molecular weight excluding hydrogens is 252 g/mol. The largest absolute Gasteiger partial charge is 0.497 e. The van der Waals surface area contributed by atoms with Gasteiger partial charge in [-0.15, -0.1) is 0 Å². The Morgan fingerprint density at radius 3 is 2.45 bits per heavy atom. The average Bonchev–Trinajstić information content (AvgIpc) is 2.54.